The van der Waals surface area contributed by atoms with Gasteiger partial charge in [0, 0.05) is 17.8 Å². The van der Waals surface area contributed by atoms with E-state index in [0.29, 0.717) is 12.0 Å². The van der Waals surface area contributed by atoms with E-state index >= 15 is 0 Å². The molecule has 1 aliphatic carbocycles. The van der Waals surface area contributed by atoms with Crippen LogP contribution < -0.4 is 10.9 Å². The van der Waals surface area contributed by atoms with Gasteiger partial charge in [-0.1, -0.05) is 38.8 Å². The van der Waals surface area contributed by atoms with E-state index < -0.39 is 0 Å². The Morgan fingerprint density at radius 1 is 1.10 bits per heavy atom. The maximum absolute atomic E-state index is 11.2. The predicted molar refractivity (Wildman–Crippen MR) is 86.4 cm³/mol. The topological polar surface area (TPSA) is 60.7 Å². The summed E-state index contributed by atoms with van der Waals surface area (Å²) in [6.07, 6.45) is 3.91. The Hall–Kier alpha value is -1.97. The van der Waals surface area contributed by atoms with Crippen LogP contribution in [0.5, 0.6) is 0 Å². The molecule has 3 unspecified atom stereocenters. The highest BCUT2D eigenvalue weighted by Gasteiger charge is 2.26. The van der Waals surface area contributed by atoms with Crippen LogP contribution in [-0.4, -0.2) is 16.2 Å². The molecule has 0 spiro atoms. The number of rotatable bonds is 3. The number of aromatic nitrogens is 2. The van der Waals surface area contributed by atoms with Crippen LogP contribution in [0.4, 0.5) is 5.69 Å². The number of aromatic amines is 2. The Balaban J connectivity index is 1.71. The molecule has 2 aromatic rings. The van der Waals surface area contributed by atoms with Gasteiger partial charge in [0.05, 0.1) is 5.69 Å². The minimum absolute atomic E-state index is 0.0998. The van der Waals surface area contributed by atoms with Gasteiger partial charge in [-0.3, -0.25) is 15.0 Å². The van der Waals surface area contributed by atoms with Crippen LogP contribution in [0.3, 0.4) is 0 Å². The molecule has 0 aliphatic heterocycles. The second-order valence-corrected chi connectivity index (χ2v) is 6.27. The van der Waals surface area contributed by atoms with Gasteiger partial charge < -0.3 is 5.32 Å². The van der Waals surface area contributed by atoms with Gasteiger partial charge in [0.15, 0.2) is 0 Å². The molecule has 1 fully saturated rings. The van der Waals surface area contributed by atoms with Crippen LogP contribution in [0.15, 0.2) is 35.1 Å². The molecule has 4 heteroatoms. The predicted octanol–water partition coefficient (Wildman–Crippen LogP) is 3.61. The SMILES string of the molecule is CC1CCCC(Nc2ccc(-c3cc(=O)[nH][nH]3)cc2)C1C. The maximum atomic E-state index is 11.2. The van der Waals surface area contributed by atoms with E-state index in [-0.39, 0.29) is 5.56 Å². The van der Waals surface area contributed by atoms with Crippen molar-refractivity contribution in [2.75, 3.05) is 5.32 Å². The summed E-state index contributed by atoms with van der Waals surface area (Å²) in [5.41, 5.74) is 2.90. The minimum Gasteiger partial charge on any atom is -0.382 e. The second kappa shape index (κ2) is 5.80. The number of benzene rings is 1. The van der Waals surface area contributed by atoms with Gasteiger partial charge in [-0.15, -0.1) is 0 Å². The zero-order valence-corrected chi connectivity index (χ0v) is 12.6. The van der Waals surface area contributed by atoms with Crippen molar-refractivity contribution in [3.8, 4) is 11.3 Å². The summed E-state index contributed by atoms with van der Waals surface area (Å²) in [6.45, 7) is 4.70. The summed E-state index contributed by atoms with van der Waals surface area (Å²) < 4.78 is 0. The highest BCUT2D eigenvalue weighted by molar-refractivity contribution is 5.62. The van der Waals surface area contributed by atoms with E-state index in [1.807, 2.05) is 12.1 Å². The normalized spacial score (nSPS) is 25.7. The average molecular weight is 285 g/mol. The van der Waals surface area contributed by atoms with Gasteiger partial charge in [0.25, 0.3) is 5.56 Å². The molecule has 3 N–H and O–H groups in total. The van der Waals surface area contributed by atoms with Crippen LogP contribution in [0.1, 0.15) is 33.1 Å². The molecule has 3 atom stereocenters. The molecule has 1 aromatic carbocycles. The Labute approximate surface area is 125 Å². The van der Waals surface area contributed by atoms with E-state index in [9.17, 15) is 4.79 Å². The molecule has 0 bridgehead atoms. The molecule has 112 valence electrons. The van der Waals surface area contributed by atoms with Crippen LogP contribution in [0.2, 0.25) is 0 Å². The fourth-order valence-electron chi connectivity index (χ4n) is 3.23. The van der Waals surface area contributed by atoms with Gasteiger partial charge in [0.2, 0.25) is 0 Å². The Morgan fingerprint density at radius 2 is 1.86 bits per heavy atom. The number of anilines is 1. The minimum atomic E-state index is -0.0998. The van der Waals surface area contributed by atoms with E-state index in [1.165, 1.54) is 19.3 Å². The lowest BCUT2D eigenvalue weighted by Crippen LogP contribution is -2.34. The summed E-state index contributed by atoms with van der Waals surface area (Å²) >= 11 is 0. The van der Waals surface area contributed by atoms with E-state index in [0.717, 1.165) is 22.9 Å². The third-order valence-electron chi connectivity index (χ3n) is 4.85. The van der Waals surface area contributed by atoms with Crippen molar-refractivity contribution in [1.82, 2.24) is 10.2 Å². The molecule has 21 heavy (non-hydrogen) atoms. The number of hydrogen-bond acceptors (Lipinski definition) is 2. The summed E-state index contributed by atoms with van der Waals surface area (Å²) in [5.74, 6) is 1.50. The molecular formula is C17H23N3O. The molecule has 1 aliphatic rings. The van der Waals surface area contributed by atoms with Gasteiger partial charge in [-0.05, 0) is 36.0 Å². The highest BCUT2D eigenvalue weighted by Crippen LogP contribution is 2.31. The summed E-state index contributed by atoms with van der Waals surface area (Å²) in [6, 6.07) is 10.4. The van der Waals surface area contributed by atoms with E-state index in [1.54, 1.807) is 6.07 Å². The lowest BCUT2D eigenvalue weighted by molar-refractivity contribution is 0.253. The molecule has 3 rings (SSSR count). The van der Waals surface area contributed by atoms with Crippen molar-refractivity contribution in [3.05, 3.63) is 40.7 Å². The van der Waals surface area contributed by atoms with Crippen LogP contribution in [-0.2, 0) is 0 Å². The quantitative estimate of drug-likeness (QED) is 0.807. The molecule has 4 nitrogen and oxygen atoms in total. The van der Waals surface area contributed by atoms with Crippen molar-refractivity contribution >= 4 is 5.69 Å². The van der Waals surface area contributed by atoms with Gasteiger partial charge in [-0.25, -0.2) is 0 Å². The Bertz CT molecular complexity index is 641. The fraction of sp³-hybridized carbons (Fsp3) is 0.471. The van der Waals surface area contributed by atoms with Gasteiger partial charge in [-0.2, -0.15) is 0 Å². The lowest BCUT2D eigenvalue weighted by atomic mass is 9.78. The first-order chi connectivity index (χ1) is 10.1. The molecule has 0 saturated heterocycles. The fourth-order valence-corrected chi connectivity index (χ4v) is 3.23. The highest BCUT2D eigenvalue weighted by atomic mass is 16.1. The van der Waals surface area contributed by atoms with Crippen molar-refractivity contribution in [3.63, 3.8) is 0 Å². The van der Waals surface area contributed by atoms with E-state index in [2.05, 4.69) is 41.5 Å². The molecular weight excluding hydrogens is 262 g/mol. The van der Waals surface area contributed by atoms with Crippen LogP contribution in [0, 0.1) is 11.8 Å². The smallest absolute Gasteiger partial charge is 0.264 e. The zero-order valence-electron chi connectivity index (χ0n) is 12.6. The molecule has 0 radical (unpaired) electrons. The van der Waals surface area contributed by atoms with Crippen molar-refractivity contribution in [2.45, 2.75) is 39.2 Å². The molecule has 1 saturated carbocycles. The van der Waals surface area contributed by atoms with E-state index in [4.69, 9.17) is 0 Å². The Morgan fingerprint density at radius 3 is 2.52 bits per heavy atom. The lowest BCUT2D eigenvalue weighted by Gasteiger charge is -2.35. The first-order valence-corrected chi connectivity index (χ1v) is 7.78. The number of H-pyrrole nitrogens is 2. The Kier molecular flexibility index (Phi) is 3.86. The van der Waals surface area contributed by atoms with Crippen LogP contribution >= 0.6 is 0 Å². The van der Waals surface area contributed by atoms with Crippen molar-refractivity contribution in [2.24, 2.45) is 11.8 Å². The standard InChI is InChI=1S/C17H23N3O/c1-11-4-3-5-15(12(11)2)18-14-8-6-13(7-9-14)16-10-17(21)20-19-16/h6-12,15,18H,3-5H2,1-2H3,(H2,19,20,21). The maximum Gasteiger partial charge on any atom is 0.264 e. The first-order valence-electron chi connectivity index (χ1n) is 7.78. The van der Waals surface area contributed by atoms with Gasteiger partial charge in [0.1, 0.15) is 0 Å². The number of nitrogens with one attached hydrogen (secondary N) is 3. The molecule has 1 heterocycles. The van der Waals surface area contributed by atoms with Crippen LogP contribution in [0.25, 0.3) is 11.3 Å². The summed E-state index contributed by atoms with van der Waals surface area (Å²) in [4.78, 5) is 11.2. The monoisotopic (exact) mass is 285 g/mol. The third kappa shape index (κ3) is 3.04. The number of hydrogen-bond donors (Lipinski definition) is 3. The van der Waals surface area contributed by atoms with Crippen molar-refractivity contribution in [1.29, 1.82) is 0 Å². The second-order valence-electron chi connectivity index (χ2n) is 6.27. The largest absolute Gasteiger partial charge is 0.382 e. The summed E-state index contributed by atoms with van der Waals surface area (Å²) in [7, 11) is 0. The third-order valence-corrected chi connectivity index (χ3v) is 4.85. The molecule has 1 aromatic heterocycles. The summed E-state index contributed by atoms with van der Waals surface area (Å²) in [5, 5.41) is 9.10. The van der Waals surface area contributed by atoms with Crippen molar-refractivity contribution < 1.29 is 0 Å². The first kappa shape index (κ1) is 14.0. The molecule has 0 amide bonds. The zero-order chi connectivity index (χ0) is 14.8. The van der Waals surface area contributed by atoms with Gasteiger partial charge >= 0.3 is 0 Å². The average Bonchev–Trinajstić information content (AvgIpc) is 2.91.